The van der Waals surface area contributed by atoms with Crippen LogP contribution in [0.2, 0.25) is 5.02 Å². The van der Waals surface area contributed by atoms with Crippen LogP contribution in [0.3, 0.4) is 0 Å². The molecule has 3 heteroatoms. The van der Waals surface area contributed by atoms with Gasteiger partial charge in [-0.15, -0.1) is 0 Å². The molecule has 1 nitrogen and oxygen atoms in total. The largest absolute Gasteiger partial charge is 0.313 e. The van der Waals surface area contributed by atoms with Crippen molar-refractivity contribution >= 4 is 33.6 Å². The number of hydrogen-bond donors (Lipinski definition) is 1. The van der Waals surface area contributed by atoms with E-state index >= 15 is 0 Å². The van der Waals surface area contributed by atoms with Crippen molar-refractivity contribution < 1.29 is 0 Å². The maximum absolute atomic E-state index is 5.97. The number of benzene rings is 1. The highest BCUT2D eigenvalue weighted by Gasteiger charge is 2.06. The van der Waals surface area contributed by atoms with Crippen LogP contribution in [-0.2, 0) is 0 Å². The van der Waals surface area contributed by atoms with E-state index in [0.29, 0.717) is 11.8 Å². The molecule has 0 aromatic heterocycles. The molecule has 19 heavy (non-hydrogen) atoms. The van der Waals surface area contributed by atoms with Crippen molar-refractivity contribution in [1.82, 2.24) is 5.32 Å². The SMILES string of the molecule is CC(C)CNC/C(=C/c1ccc(Cl)cc1Br)C(C)C. The molecule has 0 saturated heterocycles. The molecule has 0 aliphatic rings. The molecule has 0 bridgehead atoms. The van der Waals surface area contributed by atoms with Gasteiger partial charge >= 0.3 is 0 Å². The standard InChI is InChI=1S/C16H23BrClN/c1-11(2)9-19-10-14(12(3)4)7-13-5-6-15(18)8-16(13)17/h5-8,11-12,19H,9-10H2,1-4H3/b14-7-. The predicted octanol–water partition coefficient (Wildman–Crippen LogP) is 5.39. The van der Waals surface area contributed by atoms with E-state index in [1.165, 1.54) is 11.1 Å². The van der Waals surface area contributed by atoms with Gasteiger partial charge in [0.15, 0.2) is 0 Å². The van der Waals surface area contributed by atoms with Gasteiger partial charge in [0.1, 0.15) is 0 Å². The van der Waals surface area contributed by atoms with E-state index in [0.717, 1.165) is 22.6 Å². The summed E-state index contributed by atoms with van der Waals surface area (Å²) in [6, 6.07) is 5.92. The molecule has 1 rings (SSSR count). The summed E-state index contributed by atoms with van der Waals surface area (Å²) in [5.41, 5.74) is 2.59. The fourth-order valence-corrected chi connectivity index (χ4v) is 2.54. The van der Waals surface area contributed by atoms with Crippen LogP contribution in [0, 0.1) is 11.8 Å². The summed E-state index contributed by atoms with van der Waals surface area (Å²) >= 11 is 9.54. The van der Waals surface area contributed by atoms with Crippen molar-refractivity contribution in [2.75, 3.05) is 13.1 Å². The van der Waals surface area contributed by atoms with Crippen LogP contribution in [0.1, 0.15) is 33.3 Å². The molecule has 0 aliphatic heterocycles. The number of hydrogen-bond acceptors (Lipinski definition) is 1. The third kappa shape index (κ3) is 6.11. The summed E-state index contributed by atoms with van der Waals surface area (Å²) in [6.07, 6.45) is 2.25. The average molecular weight is 345 g/mol. The Balaban J connectivity index is 2.82. The summed E-state index contributed by atoms with van der Waals surface area (Å²) < 4.78 is 1.04. The Hall–Kier alpha value is -0.310. The molecule has 0 amide bonds. The van der Waals surface area contributed by atoms with Gasteiger partial charge in [0.25, 0.3) is 0 Å². The Morgan fingerprint density at radius 1 is 1.32 bits per heavy atom. The number of rotatable bonds is 6. The maximum Gasteiger partial charge on any atom is 0.0417 e. The Labute approximate surface area is 130 Å². The number of nitrogens with one attached hydrogen (secondary N) is 1. The molecule has 1 N–H and O–H groups in total. The van der Waals surface area contributed by atoms with Crippen molar-refractivity contribution in [2.24, 2.45) is 11.8 Å². The minimum Gasteiger partial charge on any atom is -0.313 e. The zero-order chi connectivity index (χ0) is 14.4. The van der Waals surface area contributed by atoms with E-state index in [4.69, 9.17) is 11.6 Å². The van der Waals surface area contributed by atoms with E-state index in [1.807, 2.05) is 12.1 Å². The minimum absolute atomic E-state index is 0.530. The molecule has 0 saturated carbocycles. The molecule has 0 fully saturated rings. The fourth-order valence-electron chi connectivity index (χ4n) is 1.75. The first kappa shape index (κ1) is 16.7. The number of halogens is 2. The zero-order valence-electron chi connectivity index (χ0n) is 12.1. The highest BCUT2D eigenvalue weighted by molar-refractivity contribution is 9.10. The Morgan fingerprint density at radius 3 is 2.53 bits per heavy atom. The quantitative estimate of drug-likeness (QED) is 0.729. The molecule has 1 aromatic rings. The van der Waals surface area contributed by atoms with Crippen molar-refractivity contribution in [3.8, 4) is 0 Å². The monoisotopic (exact) mass is 343 g/mol. The van der Waals surface area contributed by atoms with Crippen molar-refractivity contribution in [2.45, 2.75) is 27.7 Å². The lowest BCUT2D eigenvalue weighted by molar-refractivity contribution is 0.558. The normalized spacial score (nSPS) is 12.5. The molecule has 0 radical (unpaired) electrons. The van der Waals surface area contributed by atoms with Gasteiger partial charge in [0, 0.05) is 16.0 Å². The molecule has 0 atom stereocenters. The second-order valence-electron chi connectivity index (χ2n) is 5.56. The average Bonchev–Trinajstić information content (AvgIpc) is 2.30. The van der Waals surface area contributed by atoms with Crippen LogP contribution in [0.25, 0.3) is 6.08 Å². The van der Waals surface area contributed by atoms with Crippen LogP contribution < -0.4 is 5.32 Å². The highest BCUT2D eigenvalue weighted by Crippen LogP contribution is 2.25. The highest BCUT2D eigenvalue weighted by atomic mass is 79.9. The second-order valence-corrected chi connectivity index (χ2v) is 6.86. The first-order valence-electron chi connectivity index (χ1n) is 6.76. The Morgan fingerprint density at radius 2 is 2.00 bits per heavy atom. The molecule has 0 heterocycles. The molecule has 1 aromatic carbocycles. The fraction of sp³-hybridized carbons (Fsp3) is 0.500. The van der Waals surface area contributed by atoms with Crippen molar-refractivity contribution in [1.29, 1.82) is 0 Å². The van der Waals surface area contributed by atoms with Gasteiger partial charge in [-0.3, -0.25) is 0 Å². The van der Waals surface area contributed by atoms with Gasteiger partial charge < -0.3 is 5.32 Å². The van der Waals surface area contributed by atoms with Gasteiger partial charge in [0.05, 0.1) is 0 Å². The molecule has 0 unspecified atom stereocenters. The Bertz CT molecular complexity index is 438. The topological polar surface area (TPSA) is 12.0 Å². The molecule has 0 spiro atoms. The van der Waals surface area contributed by atoms with Crippen LogP contribution in [-0.4, -0.2) is 13.1 Å². The van der Waals surface area contributed by atoms with Gasteiger partial charge in [-0.1, -0.05) is 72.9 Å². The van der Waals surface area contributed by atoms with E-state index in [1.54, 1.807) is 0 Å². The van der Waals surface area contributed by atoms with Gasteiger partial charge in [-0.2, -0.15) is 0 Å². The predicted molar refractivity (Wildman–Crippen MR) is 89.7 cm³/mol. The van der Waals surface area contributed by atoms with Crippen LogP contribution in [0.4, 0.5) is 0 Å². The zero-order valence-corrected chi connectivity index (χ0v) is 14.5. The molecular weight excluding hydrogens is 322 g/mol. The first-order valence-corrected chi connectivity index (χ1v) is 7.93. The van der Waals surface area contributed by atoms with Gasteiger partial charge in [-0.25, -0.2) is 0 Å². The summed E-state index contributed by atoms with van der Waals surface area (Å²) in [5.74, 6) is 1.21. The van der Waals surface area contributed by atoms with Crippen LogP contribution in [0.15, 0.2) is 28.2 Å². The van der Waals surface area contributed by atoms with Gasteiger partial charge in [-0.05, 0) is 36.1 Å². The van der Waals surface area contributed by atoms with Crippen LogP contribution in [0.5, 0.6) is 0 Å². The lowest BCUT2D eigenvalue weighted by Gasteiger charge is -2.14. The van der Waals surface area contributed by atoms with Gasteiger partial charge in [0.2, 0.25) is 0 Å². The van der Waals surface area contributed by atoms with E-state index in [2.05, 4.69) is 61.1 Å². The Kier molecular flexibility index (Phi) is 7.12. The van der Waals surface area contributed by atoms with E-state index < -0.39 is 0 Å². The summed E-state index contributed by atoms with van der Waals surface area (Å²) in [6.45, 7) is 10.9. The molecular formula is C16H23BrClN. The lowest BCUT2D eigenvalue weighted by Crippen LogP contribution is -2.23. The second kappa shape index (κ2) is 8.08. The van der Waals surface area contributed by atoms with E-state index in [-0.39, 0.29) is 0 Å². The first-order chi connectivity index (χ1) is 8.90. The lowest BCUT2D eigenvalue weighted by atomic mass is 10.00. The van der Waals surface area contributed by atoms with Crippen molar-refractivity contribution in [3.05, 3.63) is 38.8 Å². The molecule has 106 valence electrons. The maximum atomic E-state index is 5.97. The van der Waals surface area contributed by atoms with E-state index in [9.17, 15) is 0 Å². The summed E-state index contributed by atoms with van der Waals surface area (Å²) in [4.78, 5) is 0. The molecule has 0 aliphatic carbocycles. The summed E-state index contributed by atoms with van der Waals surface area (Å²) in [5, 5.41) is 4.27. The van der Waals surface area contributed by atoms with Crippen molar-refractivity contribution in [3.63, 3.8) is 0 Å². The minimum atomic E-state index is 0.530. The third-order valence-corrected chi connectivity index (χ3v) is 3.85. The summed E-state index contributed by atoms with van der Waals surface area (Å²) in [7, 11) is 0. The smallest absolute Gasteiger partial charge is 0.0417 e. The third-order valence-electron chi connectivity index (χ3n) is 2.93. The van der Waals surface area contributed by atoms with Crippen LogP contribution >= 0.6 is 27.5 Å².